The molecule has 90 valence electrons. The molecule has 0 amide bonds. The molecule has 0 unspecified atom stereocenters. The summed E-state index contributed by atoms with van der Waals surface area (Å²) in [7, 11) is 0. The second kappa shape index (κ2) is 3.53. The van der Waals surface area contributed by atoms with Gasteiger partial charge in [-0.3, -0.25) is 0 Å². The summed E-state index contributed by atoms with van der Waals surface area (Å²) in [6, 6.07) is 5.07. The third-order valence-corrected chi connectivity index (χ3v) is 3.74. The molecule has 0 atom stereocenters. The molecule has 0 radical (unpaired) electrons. The van der Waals surface area contributed by atoms with Gasteiger partial charge in [-0.25, -0.2) is 9.37 Å². The van der Waals surface area contributed by atoms with Crippen LogP contribution in [0.25, 0.3) is 11.0 Å². The molecule has 0 saturated heterocycles. The van der Waals surface area contributed by atoms with Crippen molar-refractivity contribution in [2.75, 3.05) is 0 Å². The van der Waals surface area contributed by atoms with Crippen LogP contribution in [0, 0.1) is 5.82 Å². The van der Waals surface area contributed by atoms with Crippen LogP contribution in [-0.2, 0) is 12.1 Å². The Kier molecular flexibility index (Phi) is 2.23. The Bertz CT molecular complexity index is 569. The summed E-state index contributed by atoms with van der Waals surface area (Å²) in [6.07, 6.45) is 3.02. The van der Waals surface area contributed by atoms with Gasteiger partial charge in [0.05, 0.1) is 11.1 Å². The van der Waals surface area contributed by atoms with Crippen LogP contribution in [-0.4, -0.2) is 9.55 Å². The van der Waals surface area contributed by atoms with E-state index in [9.17, 15) is 4.39 Å². The second-order valence-corrected chi connectivity index (χ2v) is 4.80. The van der Waals surface area contributed by atoms with Crippen molar-refractivity contribution < 1.29 is 4.39 Å². The number of nitrogens with zero attached hydrogens (tertiary/aromatic N) is 2. The molecule has 1 fully saturated rings. The van der Waals surface area contributed by atoms with E-state index in [0.29, 0.717) is 5.52 Å². The number of aryl methyl sites for hydroxylation is 1. The number of rotatable bonds is 2. The lowest BCUT2D eigenvalue weighted by Gasteiger charge is -2.37. The second-order valence-electron chi connectivity index (χ2n) is 4.80. The van der Waals surface area contributed by atoms with Crippen LogP contribution < -0.4 is 5.73 Å². The molecule has 17 heavy (non-hydrogen) atoms. The molecule has 0 aliphatic heterocycles. The Morgan fingerprint density at radius 2 is 2.24 bits per heavy atom. The third kappa shape index (κ3) is 1.40. The van der Waals surface area contributed by atoms with Gasteiger partial charge in [-0.2, -0.15) is 0 Å². The van der Waals surface area contributed by atoms with Crippen LogP contribution in [0.4, 0.5) is 4.39 Å². The van der Waals surface area contributed by atoms with Crippen LogP contribution in [0.15, 0.2) is 18.2 Å². The number of hydrogen-bond donors (Lipinski definition) is 1. The first-order valence-electron chi connectivity index (χ1n) is 6.10. The van der Waals surface area contributed by atoms with Gasteiger partial charge in [-0.1, -0.05) is 6.07 Å². The summed E-state index contributed by atoms with van der Waals surface area (Å²) >= 11 is 0. The zero-order valence-corrected chi connectivity index (χ0v) is 9.91. The number of halogens is 1. The summed E-state index contributed by atoms with van der Waals surface area (Å²) in [4.78, 5) is 4.44. The van der Waals surface area contributed by atoms with E-state index in [1.165, 1.54) is 6.07 Å². The first-order valence-corrected chi connectivity index (χ1v) is 6.10. The molecule has 1 saturated carbocycles. The van der Waals surface area contributed by atoms with E-state index in [0.717, 1.165) is 37.1 Å². The van der Waals surface area contributed by atoms with Crippen molar-refractivity contribution in [3.63, 3.8) is 0 Å². The molecular formula is C13H16FN3. The summed E-state index contributed by atoms with van der Waals surface area (Å²) in [6.45, 7) is 2.81. The smallest absolute Gasteiger partial charge is 0.151 e. The molecule has 3 nitrogen and oxygen atoms in total. The Morgan fingerprint density at radius 3 is 2.82 bits per heavy atom. The van der Waals surface area contributed by atoms with Gasteiger partial charge in [0, 0.05) is 6.54 Å². The maximum atomic E-state index is 13.7. The quantitative estimate of drug-likeness (QED) is 0.866. The summed E-state index contributed by atoms with van der Waals surface area (Å²) in [5.41, 5.74) is 7.25. The van der Waals surface area contributed by atoms with Gasteiger partial charge in [0.2, 0.25) is 0 Å². The number of benzene rings is 1. The monoisotopic (exact) mass is 233 g/mol. The first kappa shape index (κ1) is 10.7. The van der Waals surface area contributed by atoms with Crippen LogP contribution in [0.1, 0.15) is 32.0 Å². The predicted octanol–water partition coefficient (Wildman–Crippen LogP) is 2.53. The highest BCUT2D eigenvalue weighted by molar-refractivity contribution is 5.77. The minimum Gasteiger partial charge on any atom is -0.327 e. The summed E-state index contributed by atoms with van der Waals surface area (Å²) in [5.74, 6) is 0.574. The molecule has 1 aliphatic carbocycles. The SMILES string of the molecule is CCn1c(C2(N)CCC2)nc2c(F)cccc21. The van der Waals surface area contributed by atoms with E-state index in [1.54, 1.807) is 6.07 Å². The molecule has 2 aromatic rings. The lowest BCUT2D eigenvalue weighted by molar-refractivity contribution is 0.231. The van der Waals surface area contributed by atoms with Gasteiger partial charge in [0.15, 0.2) is 5.82 Å². The van der Waals surface area contributed by atoms with E-state index in [-0.39, 0.29) is 11.4 Å². The lowest BCUT2D eigenvalue weighted by atomic mass is 9.77. The first-order chi connectivity index (χ1) is 8.15. The highest BCUT2D eigenvalue weighted by Crippen LogP contribution is 2.39. The van der Waals surface area contributed by atoms with Gasteiger partial charge in [0.25, 0.3) is 0 Å². The molecule has 0 bridgehead atoms. The van der Waals surface area contributed by atoms with Crippen molar-refractivity contribution in [2.24, 2.45) is 5.73 Å². The van der Waals surface area contributed by atoms with Crippen LogP contribution in [0.3, 0.4) is 0 Å². The van der Waals surface area contributed by atoms with E-state index in [1.807, 2.05) is 17.6 Å². The van der Waals surface area contributed by atoms with E-state index < -0.39 is 0 Å². The normalized spacial score (nSPS) is 18.3. The van der Waals surface area contributed by atoms with Crippen molar-refractivity contribution in [1.29, 1.82) is 0 Å². The highest BCUT2D eigenvalue weighted by atomic mass is 19.1. The Morgan fingerprint density at radius 1 is 1.47 bits per heavy atom. The van der Waals surface area contributed by atoms with Gasteiger partial charge in [-0.15, -0.1) is 0 Å². The van der Waals surface area contributed by atoms with Crippen molar-refractivity contribution >= 4 is 11.0 Å². The number of imidazole rings is 1. The maximum absolute atomic E-state index is 13.7. The fourth-order valence-corrected chi connectivity index (χ4v) is 2.59. The molecule has 4 heteroatoms. The number of fused-ring (bicyclic) bond motifs is 1. The average molecular weight is 233 g/mol. The topological polar surface area (TPSA) is 43.8 Å². The number of nitrogens with two attached hydrogens (primary N) is 1. The molecule has 0 spiro atoms. The zero-order valence-electron chi connectivity index (χ0n) is 9.91. The molecule has 1 aromatic carbocycles. The van der Waals surface area contributed by atoms with Crippen LogP contribution in [0.5, 0.6) is 0 Å². The number of para-hydroxylation sites is 1. The molecule has 1 aromatic heterocycles. The number of aromatic nitrogens is 2. The zero-order chi connectivity index (χ0) is 12.0. The molecule has 1 aliphatic rings. The van der Waals surface area contributed by atoms with Crippen molar-refractivity contribution in [2.45, 2.75) is 38.3 Å². The predicted molar refractivity (Wildman–Crippen MR) is 65.1 cm³/mol. The third-order valence-electron chi connectivity index (χ3n) is 3.74. The Labute approximate surface area is 99.4 Å². The summed E-state index contributed by atoms with van der Waals surface area (Å²) < 4.78 is 15.7. The Balaban J connectivity index is 2.28. The van der Waals surface area contributed by atoms with Crippen molar-refractivity contribution in [1.82, 2.24) is 9.55 Å². The van der Waals surface area contributed by atoms with Gasteiger partial charge in [-0.05, 0) is 38.3 Å². The van der Waals surface area contributed by atoms with E-state index in [2.05, 4.69) is 4.98 Å². The standard InChI is InChI=1S/C13H16FN3/c1-2-17-10-6-3-5-9(14)11(10)16-12(17)13(15)7-4-8-13/h3,5-6H,2,4,7-8,15H2,1H3. The summed E-state index contributed by atoms with van der Waals surface area (Å²) in [5, 5.41) is 0. The van der Waals surface area contributed by atoms with Crippen LogP contribution >= 0.6 is 0 Å². The maximum Gasteiger partial charge on any atom is 0.151 e. The molecule has 3 rings (SSSR count). The van der Waals surface area contributed by atoms with Gasteiger partial charge < -0.3 is 10.3 Å². The highest BCUT2D eigenvalue weighted by Gasteiger charge is 2.39. The lowest BCUT2D eigenvalue weighted by Crippen LogP contribution is -2.45. The fourth-order valence-electron chi connectivity index (χ4n) is 2.59. The number of hydrogen-bond acceptors (Lipinski definition) is 2. The van der Waals surface area contributed by atoms with Gasteiger partial charge in [0.1, 0.15) is 11.3 Å². The molecule has 1 heterocycles. The van der Waals surface area contributed by atoms with Crippen LogP contribution in [0.2, 0.25) is 0 Å². The minimum atomic E-state index is -0.346. The van der Waals surface area contributed by atoms with E-state index >= 15 is 0 Å². The van der Waals surface area contributed by atoms with Crippen molar-refractivity contribution in [3.05, 3.63) is 29.8 Å². The van der Waals surface area contributed by atoms with Crippen molar-refractivity contribution in [3.8, 4) is 0 Å². The average Bonchev–Trinajstić information content (AvgIpc) is 2.66. The largest absolute Gasteiger partial charge is 0.327 e. The van der Waals surface area contributed by atoms with Gasteiger partial charge >= 0.3 is 0 Å². The molecule has 2 N–H and O–H groups in total. The molecular weight excluding hydrogens is 217 g/mol. The fraction of sp³-hybridized carbons (Fsp3) is 0.462. The van der Waals surface area contributed by atoms with E-state index in [4.69, 9.17) is 5.73 Å². The minimum absolute atomic E-state index is 0.265. The Hall–Kier alpha value is -1.42.